The summed E-state index contributed by atoms with van der Waals surface area (Å²) >= 11 is 4.63. The Morgan fingerprint density at radius 1 is 1.32 bits per heavy atom. The van der Waals surface area contributed by atoms with E-state index in [4.69, 9.17) is 10.2 Å². The maximum absolute atomic E-state index is 11.6. The minimum absolute atomic E-state index is 0.00399. The molecule has 0 bridgehead atoms. The molecule has 0 aliphatic heterocycles. The van der Waals surface area contributed by atoms with E-state index in [1.807, 2.05) is 24.3 Å². The van der Waals surface area contributed by atoms with Crippen molar-refractivity contribution in [1.82, 2.24) is 5.32 Å². The number of rotatable bonds is 7. The highest BCUT2D eigenvalue weighted by atomic mass is 79.9. The molecular formula is C12H14BrNO4S. The molecule has 1 aromatic carbocycles. The predicted molar refractivity (Wildman–Crippen MR) is 76.1 cm³/mol. The molecule has 0 radical (unpaired) electrons. The Morgan fingerprint density at radius 2 is 1.95 bits per heavy atom. The lowest BCUT2D eigenvalue weighted by atomic mass is 10.2. The van der Waals surface area contributed by atoms with Crippen molar-refractivity contribution in [1.29, 1.82) is 0 Å². The second-order valence-corrected chi connectivity index (χ2v) is 5.68. The summed E-state index contributed by atoms with van der Waals surface area (Å²) in [5, 5.41) is 19.9. The van der Waals surface area contributed by atoms with Crippen LogP contribution >= 0.6 is 27.7 Å². The van der Waals surface area contributed by atoms with Crippen LogP contribution in [0.3, 0.4) is 0 Å². The maximum atomic E-state index is 11.6. The van der Waals surface area contributed by atoms with Gasteiger partial charge in [0.05, 0.1) is 5.75 Å². The Bertz CT molecular complexity index is 438. The van der Waals surface area contributed by atoms with Gasteiger partial charge in [0.25, 0.3) is 0 Å². The summed E-state index contributed by atoms with van der Waals surface area (Å²) in [6.45, 7) is -0.281. The zero-order valence-electron chi connectivity index (χ0n) is 10.0. The fourth-order valence-electron chi connectivity index (χ4n) is 1.30. The normalized spacial score (nSPS) is 11.9. The van der Waals surface area contributed by atoms with E-state index >= 15 is 0 Å². The smallest absolute Gasteiger partial charge is 0.326 e. The first-order valence-corrected chi connectivity index (χ1v) is 7.32. The predicted octanol–water partition coefficient (Wildman–Crippen LogP) is 1.49. The SMILES string of the molecule is O=C(CSc1ccc(Br)cc1)NC(CCO)C(=O)O. The maximum Gasteiger partial charge on any atom is 0.326 e. The van der Waals surface area contributed by atoms with Gasteiger partial charge in [-0.25, -0.2) is 4.79 Å². The molecule has 0 fully saturated rings. The zero-order chi connectivity index (χ0) is 14.3. The highest BCUT2D eigenvalue weighted by Gasteiger charge is 2.18. The summed E-state index contributed by atoms with van der Waals surface area (Å²) in [7, 11) is 0. The number of hydrogen-bond acceptors (Lipinski definition) is 4. The summed E-state index contributed by atoms with van der Waals surface area (Å²) < 4.78 is 0.954. The Balaban J connectivity index is 2.42. The van der Waals surface area contributed by atoms with Crippen LogP contribution in [0.15, 0.2) is 33.6 Å². The Kier molecular flexibility index (Phi) is 6.90. The standard InChI is InChI=1S/C12H14BrNO4S/c13-8-1-3-9(4-2-8)19-7-11(16)14-10(5-6-15)12(17)18/h1-4,10,15H,5-7H2,(H,14,16)(H,17,18). The molecule has 1 aromatic rings. The van der Waals surface area contributed by atoms with E-state index in [0.29, 0.717) is 0 Å². The van der Waals surface area contributed by atoms with Crippen molar-refractivity contribution in [3.63, 3.8) is 0 Å². The Labute approximate surface area is 123 Å². The van der Waals surface area contributed by atoms with Crippen LogP contribution in [-0.4, -0.2) is 40.5 Å². The second-order valence-electron chi connectivity index (χ2n) is 3.71. The molecule has 0 spiro atoms. The number of hydrogen-bond donors (Lipinski definition) is 3. The quantitative estimate of drug-likeness (QED) is 0.650. The third-order valence-corrected chi connectivity index (χ3v) is 3.78. The third kappa shape index (κ3) is 6.09. The van der Waals surface area contributed by atoms with Gasteiger partial charge in [0.15, 0.2) is 0 Å². The van der Waals surface area contributed by atoms with E-state index < -0.39 is 12.0 Å². The van der Waals surface area contributed by atoms with Gasteiger partial charge in [0, 0.05) is 22.4 Å². The first kappa shape index (κ1) is 16.0. The highest BCUT2D eigenvalue weighted by molar-refractivity contribution is 9.10. The molecule has 3 N–H and O–H groups in total. The number of amides is 1. The van der Waals surface area contributed by atoms with Gasteiger partial charge in [0.1, 0.15) is 6.04 Å². The highest BCUT2D eigenvalue weighted by Crippen LogP contribution is 2.20. The topological polar surface area (TPSA) is 86.6 Å². The zero-order valence-corrected chi connectivity index (χ0v) is 12.4. The number of carbonyl (C=O) groups excluding carboxylic acids is 1. The van der Waals surface area contributed by atoms with Gasteiger partial charge in [-0.1, -0.05) is 15.9 Å². The average molecular weight is 348 g/mol. The largest absolute Gasteiger partial charge is 0.480 e. The molecule has 0 saturated heterocycles. The van der Waals surface area contributed by atoms with Crippen LogP contribution in [0, 0.1) is 0 Å². The van der Waals surface area contributed by atoms with Crippen molar-refractivity contribution in [3.05, 3.63) is 28.7 Å². The number of aliphatic hydroxyl groups is 1. The van der Waals surface area contributed by atoms with Gasteiger partial charge in [-0.2, -0.15) is 0 Å². The molecule has 1 atom stereocenters. The number of benzene rings is 1. The molecule has 0 aliphatic rings. The molecule has 7 heteroatoms. The molecular weight excluding hydrogens is 334 g/mol. The minimum atomic E-state index is -1.14. The van der Waals surface area contributed by atoms with E-state index in [1.165, 1.54) is 11.8 Å². The van der Waals surface area contributed by atoms with E-state index in [9.17, 15) is 9.59 Å². The number of carbonyl (C=O) groups is 2. The van der Waals surface area contributed by atoms with Crippen molar-refractivity contribution in [2.45, 2.75) is 17.4 Å². The number of carboxylic acids is 1. The van der Waals surface area contributed by atoms with Gasteiger partial charge in [-0.05, 0) is 24.3 Å². The summed E-state index contributed by atoms with van der Waals surface area (Å²) in [4.78, 5) is 23.3. The first-order chi connectivity index (χ1) is 9.02. The van der Waals surface area contributed by atoms with Crippen LogP contribution in [0.4, 0.5) is 0 Å². The number of thioether (sulfide) groups is 1. The molecule has 1 unspecified atom stereocenters. The number of nitrogens with one attached hydrogen (secondary N) is 1. The molecule has 1 amide bonds. The lowest BCUT2D eigenvalue weighted by Gasteiger charge is -2.12. The van der Waals surface area contributed by atoms with Crippen molar-refractivity contribution in [2.24, 2.45) is 0 Å². The van der Waals surface area contributed by atoms with Crippen LogP contribution in [0.25, 0.3) is 0 Å². The lowest BCUT2D eigenvalue weighted by Crippen LogP contribution is -2.42. The molecule has 0 aliphatic carbocycles. The van der Waals surface area contributed by atoms with Crippen molar-refractivity contribution in [2.75, 3.05) is 12.4 Å². The van der Waals surface area contributed by atoms with Crippen molar-refractivity contribution < 1.29 is 19.8 Å². The van der Waals surface area contributed by atoms with Crippen LogP contribution in [0.1, 0.15) is 6.42 Å². The third-order valence-electron chi connectivity index (χ3n) is 2.23. The van der Waals surface area contributed by atoms with Gasteiger partial charge < -0.3 is 15.5 Å². The molecule has 0 saturated carbocycles. The summed E-state index contributed by atoms with van der Waals surface area (Å²) in [5.74, 6) is -1.37. The van der Waals surface area contributed by atoms with Crippen molar-refractivity contribution in [3.8, 4) is 0 Å². The molecule has 0 heterocycles. The molecule has 19 heavy (non-hydrogen) atoms. The number of aliphatic carboxylic acids is 1. The van der Waals surface area contributed by atoms with Gasteiger partial charge >= 0.3 is 5.97 Å². The second kappa shape index (κ2) is 8.19. The van der Waals surface area contributed by atoms with E-state index in [0.717, 1.165) is 9.37 Å². The van der Waals surface area contributed by atoms with Gasteiger partial charge in [0.2, 0.25) is 5.91 Å². The summed E-state index contributed by atoms with van der Waals surface area (Å²) in [6.07, 6.45) is 0.00399. The van der Waals surface area contributed by atoms with Crippen LogP contribution < -0.4 is 5.32 Å². The fraction of sp³-hybridized carbons (Fsp3) is 0.333. The Morgan fingerprint density at radius 3 is 2.47 bits per heavy atom. The van der Waals surface area contributed by atoms with E-state index in [1.54, 1.807) is 0 Å². The minimum Gasteiger partial charge on any atom is -0.480 e. The van der Waals surface area contributed by atoms with Gasteiger partial charge in [-0.15, -0.1) is 11.8 Å². The summed E-state index contributed by atoms with van der Waals surface area (Å²) in [5.41, 5.74) is 0. The number of carboxylic acid groups (broad SMARTS) is 1. The Hall–Kier alpha value is -1.05. The fourth-order valence-corrected chi connectivity index (χ4v) is 2.28. The van der Waals surface area contributed by atoms with Crippen LogP contribution in [-0.2, 0) is 9.59 Å². The molecule has 0 aromatic heterocycles. The van der Waals surface area contributed by atoms with Crippen LogP contribution in [0.2, 0.25) is 0 Å². The monoisotopic (exact) mass is 347 g/mol. The first-order valence-electron chi connectivity index (χ1n) is 5.54. The molecule has 1 rings (SSSR count). The number of aliphatic hydroxyl groups excluding tert-OH is 1. The lowest BCUT2D eigenvalue weighted by molar-refractivity contribution is -0.141. The van der Waals surface area contributed by atoms with Crippen molar-refractivity contribution >= 4 is 39.6 Å². The van der Waals surface area contributed by atoms with Crippen LogP contribution in [0.5, 0.6) is 0 Å². The van der Waals surface area contributed by atoms with E-state index in [-0.39, 0.29) is 24.7 Å². The molecule has 104 valence electrons. The van der Waals surface area contributed by atoms with Gasteiger partial charge in [-0.3, -0.25) is 4.79 Å². The van der Waals surface area contributed by atoms with E-state index in [2.05, 4.69) is 21.2 Å². The summed E-state index contributed by atoms with van der Waals surface area (Å²) in [6, 6.07) is 6.43. The molecule has 5 nitrogen and oxygen atoms in total. The average Bonchev–Trinajstić information content (AvgIpc) is 2.37. The number of halogens is 1.